The number of urea groups is 1. The summed E-state index contributed by atoms with van der Waals surface area (Å²) in [6.45, 7) is 2.31. The molecule has 4 aromatic rings. The summed E-state index contributed by atoms with van der Waals surface area (Å²) in [4.78, 5) is 42.8. The zero-order chi connectivity index (χ0) is 27.5. The average Bonchev–Trinajstić information content (AvgIpc) is 3.43. The molecule has 0 aliphatic carbocycles. The highest BCUT2D eigenvalue weighted by Gasteiger charge is 2.33. The van der Waals surface area contributed by atoms with Gasteiger partial charge in [0.25, 0.3) is 5.91 Å². The minimum atomic E-state index is -0.991. The van der Waals surface area contributed by atoms with Crippen molar-refractivity contribution in [3.63, 3.8) is 0 Å². The Kier molecular flexibility index (Phi) is 7.33. The number of carbonyl (C=O) groups is 3. The highest BCUT2D eigenvalue weighted by molar-refractivity contribution is 6.34. The van der Waals surface area contributed by atoms with E-state index in [1.54, 1.807) is 75.4 Å². The Hall–Kier alpha value is -4.63. The van der Waals surface area contributed by atoms with Crippen LogP contribution in [0.5, 0.6) is 0 Å². The van der Waals surface area contributed by atoms with Crippen LogP contribution in [-0.2, 0) is 11.3 Å². The molecule has 5 rings (SSSR count). The zero-order valence-corrected chi connectivity index (χ0v) is 22.0. The number of benzene rings is 3. The van der Waals surface area contributed by atoms with E-state index in [4.69, 9.17) is 17.3 Å². The summed E-state index contributed by atoms with van der Waals surface area (Å²) in [7, 11) is 0. The predicted molar refractivity (Wildman–Crippen MR) is 149 cm³/mol. The minimum absolute atomic E-state index is 0.215. The number of primary amides is 1. The number of fused-ring (bicyclic) bond motifs is 1. The molecule has 0 radical (unpaired) electrons. The van der Waals surface area contributed by atoms with Gasteiger partial charge in [-0.1, -0.05) is 60.1 Å². The summed E-state index contributed by atoms with van der Waals surface area (Å²) >= 11 is 6.58. The Labute approximate surface area is 230 Å². The van der Waals surface area contributed by atoms with Gasteiger partial charge in [0, 0.05) is 37.2 Å². The fourth-order valence-electron chi connectivity index (χ4n) is 4.73. The van der Waals surface area contributed by atoms with Crippen molar-refractivity contribution in [3.8, 4) is 5.69 Å². The maximum atomic E-state index is 13.8. The molecule has 0 saturated heterocycles. The van der Waals surface area contributed by atoms with E-state index in [0.717, 1.165) is 11.3 Å². The van der Waals surface area contributed by atoms with Crippen LogP contribution >= 0.6 is 11.6 Å². The number of hydrogen-bond donors (Lipinski definition) is 2. The first-order valence-electron chi connectivity index (χ1n) is 12.4. The van der Waals surface area contributed by atoms with E-state index >= 15 is 0 Å². The Balaban J connectivity index is 1.42. The topological polar surface area (TPSA) is 114 Å². The third-order valence-corrected chi connectivity index (χ3v) is 7.06. The Morgan fingerprint density at radius 1 is 1.03 bits per heavy atom. The summed E-state index contributed by atoms with van der Waals surface area (Å²) in [5.74, 6) is -0.949. The maximum absolute atomic E-state index is 13.8. The van der Waals surface area contributed by atoms with Gasteiger partial charge in [-0.25, -0.2) is 9.48 Å². The molecule has 1 aromatic heterocycles. The van der Waals surface area contributed by atoms with E-state index in [1.807, 2.05) is 37.3 Å². The van der Waals surface area contributed by atoms with Crippen LogP contribution in [0, 0.1) is 0 Å². The van der Waals surface area contributed by atoms with Gasteiger partial charge >= 0.3 is 6.03 Å². The van der Waals surface area contributed by atoms with Gasteiger partial charge in [-0.15, -0.1) is 0 Å². The van der Waals surface area contributed by atoms with Crippen molar-refractivity contribution in [2.24, 2.45) is 5.73 Å². The molecule has 2 atom stereocenters. The lowest BCUT2D eigenvalue weighted by molar-refractivity contribution is -0.120. The average molecular weight is 543 g/mol. The maximum Gasteiger partial charge on any atom is 0.318 e. The third kappa shape index (κ3) is 5.35. The molecule has 0 saturated carbocycles. The number of carbonyl (C=O) groups excluding carboxylic acids is 3. The molecule has 1 aliphatic heterocycles. The molecular formula is C29H27ClN6O3. The van der Waals surface area contributed by atoms with Gasteiger partial charge < -0.3 is 20.9 Å². The number of halogens is 1. The van der Waals surface area contributed by atoms with Crippen molar-refractivity contribution in [1.82, 2.24) is 20.0 Å². The number of aromatic nitrogens is 2. The second-order valence-corrected chi connectivity index (χ2v) is 9.74. The SMILES string of the molecule is C[C@@H]1CN(C(=O)c2ccc(-n3cccn3)cc2Cl)c2ccccc2CN1C(=O)N[C@@H](C(N)=O)c1ccccc1. The Bertz CT molecular complexity index is 1510. The number of nitrogens with zero attached hydrogens (tertiary/aromatic N) is 4. The van der Waals surface area contributed by atoms with Crippen LogP contribution in [0.3, 0.4) is 0 Å². The van der Waals surface area contributed by atoms with Gasteiger partial charge in [-0.05, 0) is 48.4 Å². The summed E-state index contributed by atoms with van der Waals surface area (Å²) in [5.41, 5.74) is 8.76. The molecule has 0 bridgehead atoms. The van der Waals surface area contributed by atoms with Crippen LogP contribution < -0.4 is 16.0 Å². The highest BCUT2D eigenvalue weighted by atomic mass is 35.5. The van der Waals surface area contributed by atoms with Crippen molar-refractivity contribution in [2.75, 3.05) is 11.4 Å². The van der Waals surface area contributed by atoms with Gasteiger partial charge in [0.05, 0.1) is 16.3 Å². The predicted octanol–water partition coefficient (Wildman–Crippen LogP) is 4.31. The van der Waals surface area contributed by atoms with Gasteiger partial charge in [0.1, 0.15) is 6.04 Å². The van der Waals surface area contributed by atoms with Crippen molar-refractivity contribution >= 4 is 35.1 Å². The van der Waals surface area contributed by atoms with Gasteiger partial charge in [-0.3, -0.25) is 9.59 Å². The first kappa shape index (κ1) is 26.0. The second-order valence-electron chi connectivity index (χ2n) is 9.33. The molecule has 0 spiro atoms. The monoisotopic (exact) mass is 542 g/mol. The lowest BCUT2D eigenvalue weighted by atomic mass is 10.1. The van der Waals surface area contributed by atoms with Crippen LogP contribution in [0.2, 0.25) is 5.02 Å². The first-order chi connectivity index (χ1) is 18.8. The largest absolute Gasteiger partial charge is 0.368 e. The van der Waals surface area contributed by atoms with Crippen LogP contribution in [0.1, 0.15) is 34.5 Å². The normalized spacial score (nSPS) is 15.7. The van der Waals surface area contributed by atoms with Crippen molar-refractivity contribution < 1.29 is 14.4 Å². The lowest BCUT2D eigenvalue weighted by Gasteiger charge is -2.30. The molecule has 10 heteroatoms. The molecular weight excluding hydrogens is 516 g/mol. The molecule has 198 valence electrons. The van der Waals surface area contributed by atoms with E-state index in [9.17, 15) is 14.4 Å². The minimum Gasteiger partial charge on any atom is -0.368 e. The van der Waals surface area contributed by atoms with Crippen LogP contribution in [0.25, 0.3) is 5.69 Å². The van der Waals surface area contributed by atoms with Crippen LogP contribution in [-0.4, -0.2) is 45.1 Å². The van der Waals surface area contributed by atoms with Gasteiger partial charge in [0.2, 0.25) is 5.91 Å². The van der Waals surface area contributed by atoms with Gasteiger partial charge in [0.15, 0.2) is 0 Å². The molecule has 0 fully saturated rings. The first-order valence-corrected chi connectivity index (χ1v) is 12.8. The summed E-state index contributed by atoms with van der Waals surface area (Å²) in [5, 5.41) is 7.28. The number of anilines is 1. The lowest BCUT2D eigenvalue weighted by Crippen LogP contribution is -2.50. The van der Waals surface area contributed by atoms with Crippen molar-refractivity contribution in [3.05, 3.63) is 113 Å². The molecule has 1 aliphatic rings. The standard InChI is InChI=1S/C29H27ClN6O3/c1-19-17-35(28(38)23-13-12-22(16-24(23)30)36-15-7-14-32-36)25-11-6-5-10-21(25)18-34(19)29(39)33-26(27(31)37)20-8-3-2-4-9-20/h2-16,19,26H,17-18H2,1H3,(H2,31,37)(H,33,39)/t19-,26-/m1/s1. The van der Waals surface area contributed by atoms with E-state index in [2.05, 4.69) is 10.4 Å². The van der Waals surface area contributed by atoms with E-state index in [-0.39, 0.29) is 19.0 Å². The zero-order valence-electron chi connectivity index (χ0n) is 21.2. The van der Waals surface area contributed by atoms with E-state index in [0.29, 0.717) is 21.8 Å². The molecule has 0 unspecified atom stereocenters. The van der Waals surface area contributed by atoms with Crippen molar-refractivity contribution in [1.29, 1.82) is 0 Å². The fourth-order valence-corrected chi connectivity index (χ4v) is 4.99. The number of amides is 4. The quantitative estimate of drug-likeness (QED) is 0.391. The van der Waals surface area contributed by atoms with E-state index < -0.39 is 24.0 Å². The number of rotatable bonds is 5. The smallest absolute Gasteiger partial charge is 0.318 e. The number of hydrogen-bond acceptors (Lipinski definition) is 4. The van der Waals surface area contributed by atoms with Crippen LogP contribution in [0.15, 0.2) is 91.3 Å². The third-order valence-electron chi connectivity index (χ3n) is 6.75. The summed E-state index contributed by atoms with van der Waals surface area (Å²) in [6, 6.07) is 21.4. The summed E-state index contributed by atoms with van der Waals surface area (Å²) < 4.78 is 1.66. The van der Waals surface area contributed by atoms with E-state index in [1.165, 1.54) is 0 Å². The molecule has 4 amide bonds. The number of nitrogens with two attached hydrogens (primary N) is 1. The van der Waals surface area contributed by atoms with Crippen molar-refractivity contribution in [2.45, 2.75) is 25.6 Å². The molecule has 39 heavy (non-hydrogen) atoms. The molecule has 9 nitrogen and oxygen atoms in total. The molecule has 2 heterocycles. The second kappa shape index (κ2) is 11.0. The summed E-state index contributed by atoms with van der Waals surface area (Å²) in [6.07, 6.45) is 3.45. The fraction of sp³-hybridized carbons (Fsp3) is 0.172. The highest BCUT2D eigenvalue weighted by Crippen LogP contribution is 2.31. The van der Waals surface area contributed by atoms with Crippen LogP contribution in [0.4, 0.5) is 10.5 Å². The molecule has 3 N–H and O–H groups in total. The van der Waals surface area contributed by atoms with Gasteiger partial charge in [-0.2, -0.15) is 5.10 Å². The number of para-hydroxylation sites is 1. The molecule has 3 aromatic carbocycles. The Morgan fingerprint density at radius 2 is 1.77 bits per heavy atom. The Morgan fingerprint density at radius 3 is 2.46 bits per heavy atom. The number of nitrogens with one attached hydrogen (secondary N) is 1.